The SMILES string of the molecule is O=C(Cn1cnc2ccccc2c1=O)NCCNc1cc(N2CCOCC2)cnn1. The van der Waals surface area contributed by atoms with Gasteiger partial charge >= 0.3 is 0 Å². The summed E-state index contributed by atoms with van der Waals surface area (Å²) in [6, 6.07) is 9.00. The number of nitrogens with zero attached hydrogens (tertiary/aromatic N) is 5. The zero-order chi connectivity index (χ0) is 20.8. The summed E-state index contributed by atoms with van der Waals surface area (Å²) in [6.07, 6.45) is 3.13. The number of aromatic nitrogens is 4. The molecule has 2 aromatic heterocycles. The number of amides is 1. The van der Waals surface area contributed by atoms with Gasteiger partial charge in [0.1, 0.15) is 6.54 Å². The number of fused-ring (bicyclic) bond motifs is 1. The minimum absolute atomic E-state index is 0.0804. The smallest absolute Gasteiger partial charge is 0.261 e. The molecule has 0 saturated carbocycles. The van der Waals surface area contributed by atoms with Gasteiger partial charge < -0.3 is 20.3 Å². The van der Waals surface area contributed by atoms with Crippen molar-refractivity contribution in [1.29, 1.82) is 0 Å². The molecule has 1 aliphatic rings. The molecule has 10 nitrogen and oxygen atoms in total. The van der Waals surface area contributed by atoms with Gasteiger partial charge in [-0.15, -0.1) is 5.10 Å². The Hall–Kier alpha value is -3.53. The summed E-state index contributed by atoms with van der Waals surface area (Å²) < 4.78 is 6.67. The summed E-state index contributed by atoms with van der Waals surface area (Å²) >= 11 is 0. The van der Waals surface area contributed by atoms with Crippen molar-refractivity contribution in [1.82, 2.24) is 25.1 Å². The van der Waals surface area contributed by atoms with Crippen molar-refractivity contribution in [2.45, 2.75) is 6.54 Å². The lowest BCUT2D eigenvalue weighted by molar-refractivity contribution is -0.121. The van der Waals surface area contributed by atoms with Crippen LogP contribution in [0.1, 0.15) is 0 Å². The third-order valence-corrected chi connectivity index (χ3v) is 4.82. The molecule has 3 heterocycles. The summed E-state index contributed by atoms with van der Waals surface area (Å²) in [5, 5.41) is 14.5. The number of benzene rings is 1. The molecule has 156 valence electrons. The Bertz CT molecular complexity index is 1080. The second kappa shape index (κ2) is 9.31. The predicted octanol–water partition coefficient (Wildman–Crippen LogP) is 0.251. The number of ether oxygens (including phenoxy) is 1. The fourth-order valence-electron chi connectivity index (χ4n) is 3.26. The summed E-state index contributed by atoms with van der Waals surface area (Å²) in [6.45, 7) is 3.84. The van der Waals surface area contributed by atoms with E-state index < -0.39 is 0 Å². The number of hydrogen-bond donors (Lipinski definition) is 2. The van der Waals surface area contributed by atoms with E-state index in [-0.39, 0.29) is 18.0 Å². The molecule has 30 heavy (non-hydrogen) atoms. The average molecular weight is 409 g/mol. The lowest BCUT2D eigenvalue weighted by Crippen LogP contribution is -2.36. The van der Waals surface area contributed by atoms with Crippen molar-refractivity contribution < 1.29 is 9.53 Å². The number of morpholine rings is 1. The first-order chi connectivity index (χ1) is 14.7. The van der Waals surface area contributed by atoms with Gasteiger partial charge in [0.15, 0.2) is 5.82 Å². The zero-order valence-corrected chi connectivity index (χ0v) is 16.5. The largest absolute Gasteiger partial charge is 0.378 e. The number of carbonyl (C=O) groups is 1. The molecule has 0 atom stereocenters. The van der Waals surface area contributed by atoms with Gasteiger partial charge in [-0.05, 0) is 12.1 Å². The van der Waals surface area contributed by atoms with E-state index in [1.165, 1.54) is 10.9 Å². The van der Waals surface area contributed by atoms with Gasteiger partial charge in [-0.25, -0.2) is 4.98 Å². The average Bonchev–Trinajstić information content (AvgIpc) is 2.80. The van der Waals surface area contributed by atoms with Crippen LogP contribution in [0.15, 0.2) is 47.7 Å². The van der Waals surface area contributed by atoms with Crippen molar-refractivity contribution in [2.24, 2.45) is 0 Å². The molecule has 0 radical (unpaired) electrons. The second-order valence-electron chi connectivity index (χ2n) is 6.87. The number of anilines is 2. The first kappa shape index (κ1) is 19.8. The minimum atomic E-state index is -0.260. The molecule has 0 unspecified atom stereocenters. The fourth-order valence-corrected chi connectivity index (χ4v) is 3.26. The molecular formula is C20H23N7O3. The highest BCUT2D eigenvalue weighted by Gasteiger charge is 2.12. The van der Waals surface area contributed by atoms with Gasteiger partial charge in [0.25, 0.3) is 5.56 Å². The maximum Gasteiger partial charge on any atom is 0.261 e. The molecule has 4 rings (SSSR count). The Morgan fingerprint density at radius 2 is 2.00 bits per heavy atom. The maximum absolute atomic E-state index is 12.4. The van der Waals surface area contributed by atoms with Crippen LogP contribution < -0.4 is 21.1 Å². The Morgan fingerprint density at radius 1 is 1.17 bits per heavy atom. The molecule has 1 saturated heterocycles. The van der Waals surface area contributed by atoms with Gasteiger partial charge in [0, 0.05) is 32.2 Å². The van der Waals surface area contributed by atoms with Crippen LogP contribution in [0.2, 0.25) is 0 Å². The molecule has 1 aromatic carbocycles. The van der Waals surface area contributed by atoms with Crippen molar-refractivity contribution in [3.63, 3.8) is 0 Å². The number of carbonyl (C=O) groups excluding carboxylic acids is 1. The Kier molecular flexibility index (Phi) is 6.14. The summed E-state index contributed by atoms with van der Waals surface area (Å²) in [5.74, 6) is 0.382. The van der Waals surface area contributed by atoms with Crippen LogP contribution in [0.4, 0.5) is 11.5 Å². The van der Waals surface area contributed by atoms with E-state index in [4.69, 9.17) is 4.74 Å². The third-order valence-electron chi connectivity index (χ3n) is 4.82. The van der Waals surface area contributed by atoms with Gasteiger partial charge in [0.2, 0.25) is 5.91 Å². The van der Waals surface area contributed by atoms with Gasteiger partial charge in [-0.3, -0.25) is 14.2 Å². The van der Waals surface area contributed by atoms with E-state index in [1.807, 2.05) is 12.1 Å². The lowest BCUT2D eigenvalue weighted by atomic mass is 10.2. The van der Waals surface area contributed by atoms with E-state index in [1.54, 1.807) is 24.4 Å². The maximum atomic E-state index is 12.4. The van der Waals surface area contributed by atoms with Crippen LogP contribution in [0.5, 0.6) is 0 Å². The van der Waals surface area contributed by atoms with E-state index in [9.17, 15) is 9.59 Å². The summed E-state index contributed by atoms with van der Waals surface area (Å²) in [7, 11) is 0. The van der Waals surface area contributed by atoms with E-state index in [2.05, 4.69) is 30.7 Å². The Morgan fingerprint density at radius 3 is 2.87 bits per heavy atom. The van der Waals surface area contributed by atoms with Crippen LogP contribution in [0, 0.1) is 0 Å². The van der Waals surface area contributed by atoms with E-state index in [0.717, 1.165) is 18.8 Å². The lowest BCUT2D eigenvalue weighted by Gasteiger charge is -2.28. The Balaban J connectivity index is 1.26. The molecule has 0 spiro atoms. The van der Waals surface area contributed by atoms with Crippen molar-refractivity contribution in [2.75, 3.05) is 49.6 Å². The van der Waals surface area contributed by atoms with Crippen LogP contribution in [0.3, 0.4) is 0 Å². The minimum Gasteiger partial charge on any atom is -0.378 e. The number of nitrogens with one attached hydrogen (secondary N) is 2. The fraction of sp³-hybridized carbons (Fsp3) is 0.350. The monoisotopic (exact) mass is 409 g/mol. The van der Waals surface area contributed by atoms with Crippen molar-refractivity contribution in [3.05, 3.63) is 53.2 Å². The summed E-state index contributed by atoms with van der Waals surface area (Å²) in [5.41, 5.74) is 1.37. The zero-order valence-electron chi connectivity index (χ0n) is 16.5. The standard InChI is InChI=1S/C20H23N7O3/c28-19(13-27-14-23-17-4-2-1-3-16(17)20(27)29)22-6-5-21-18-11-15(12-24-25-18)26-7-9-30-10-8-26/h1-4,11-12,14H,5-10,13H2,(H,21,25)(H,22,28). The van der Waals surface area contributed by atoms with Gasteiger partial charge in [-0.2, -0.15) is 5.10 Å². The van der Waals surface area contributed by atoms with Crippen molar-refractivity contribution in [3.8, 4) is 0 Å². The normalized spacial score (nSPS) is 13.9. The molecule has 2 N–H and O–H groups in total. The molecule has 0 bridgehead atoms. The van der Waals surface area contributed by atoms with Crippen LogP contribution in [-0.2, 0) is 16.1 Å². The van der Waals surface area contributed by atoms with Crippen LogP contribution >= 0.6 is 0 Å². The van der Waals surface area contributed by atoms with Crippen LogP contribution in [0.25, 0.3) is 10.9 Å². The van der Waals surface area contributed by atoms with Gasteiger partial charge in [0.05, 0.1) is 42.3 Å². The molecule has 10 heteroatoms. The van der Waals surface area contributed by atoms with Crippen LogP contribution in [-0.4, -0.2) is 65.0 Å². The number of hydrogen-bond acceptors (Lipinski definition) is 8. The molecule has 1 aliphatic heterocycles. The third kappa shape index (κ3) is 4.71. The quantitative estimate of drug-likeness (QED) is 0.534. The molecule has 1 amide bonds. The first-order valence-corrected chi connectivity index (χ1v) is 9.81. The molecule has 1 fully saturated rings. The van der Waals surface area contributed by atoms with E-state index in [0.29, 0.717) is 43.0 Å². The summed E-state index contributed by atoms with van der Waals surface area (Å²) in [4.78, 5) is 31.1. The molecular weight excluding hydrogens is 386 g/mol. The number of para-hydroxylation sites is 1. The van der Waals surface area contributed by atoms with Crippen molar-refractivity contribution >= 4 is 28.3 Å². The van der Waals surface area contributed by atoms with Gasteiger partial charge in [-0.1, -0.05) is 12.1 Å². The topological polar surface area (TPSA) is 114 Å². The first-order valence-electron chi connectivity index (χ1n) is 9.81. The predicted molar refractivity (Wildman–Crippen MR) is 113 cm³/mol. The highest BCUT2D eigenvalue weighted by Crippen LogP contribution is 2.16. The molecule has 3 aromatic rings. The number of rotatable bonds is 7. The highest BCUT2D eigenvalue weighted by atomic mass is 16.5. The molecule has 0 aliphatic carbocycles. The highest BCUT2D eigenvalue weighted by molar-refractivity contribution is 5.78. The Labute approximate surface area is 172 Å². The second-order valence-corrected chi connectivity index (χ2v) is 6.87. The van der Waals surface area contributed by atoms with E-state index >= 15 is 0 Å².